The minimum absolute atomic E-state index is 0.327. The Morgan fingerprint density at radius 1 is 0.906 bits per heavy atom. The standard InChI is InChI=1S/C28H41N3O/c1-21(2)22-10-12-24(13-11-22)29-17-14-25(15-18-29)31-20-23(26-7-3-4-8-27(26)31)19-30-16-6-5-9-28(30)32/h3-4,7-8,20-22,24-25H,5-6,9-19H2,1-2H3/t22-,24+. The maximum Gasteiger partial charge on any atom is 0.222 e. The number of hydrogen-bond donors (Lipinski definition) is 0. The second-order valence-corrected chi connectivity index (χ2v) is 10.9. The first-order valence-electron chi connectivity index (χ1n) is 13.2. The monoisotopic (exact) mass is 435 g/mol. The summed E-state index contributed by atoms with van der Waals surface area (Å²) in [6.45, 7) is 8.93. The average Bonchev–Trinajstić information content (AvgIpc) is 3.19. The number of carbonyl (C=O) groups excluding carboxylic acids is 1. The van der Waals surface area contributed by atoms with Crippen molar-refractivity contribution in [1.82, 2.24) is 14.4 Å². The van der Waals surface area contributed by atoms with E-state index in [1.807, 2.05) is 0 Å². The molecule has 2 aliphatic heterocycles. The van der Waals surface area contributed by atoms with Gasteiger partial charge in [-0.1, -0.05) is 32.0 Å². The van der Waals surface area contributed by atoms with Crippen molar-refractivity contribution in [2.45, 2.75) is 90.3 Å². The predicted molar refractivity (Wildman–Crippen MR) is 132 cm³/mol. The van der Waals surface area contributed by atoms with E-state index < -0.39 is 0 Å². The molecule has 1 aromatic heterocycles. The van der Waals surface area contributed by atoms with Crippen LogP contribution in [0.4, 0.5) is 0 Å². The molecule has 0 bridgehead atoms. The van der Waals surface area contributed by atoms with Gasteiger partial charge in [0.1, 0.15) is 0 Å². The fourth-order valence-corrected chi connectivity index (χ4v) is 6.60. The van der Waals surface area contributed by atoms with Crippen LogP contribution < -0.4 is 0 Å². The van der Waals surface area contributed by atoms with Crippen LogP contribution in [0.25, 0.3) is 10.9 Å². The van der Waals surface area contributed by atoms with Crippen LogP contribution >= 0.6 is 0 Å². The number of para-hydroxylation sites is 1. The highest BCUT2D eigenvalue weighted by molar-refractivity contribution is 5.85. The molecule has 0 spiro atoms. The first kappa shape index (κ1) is 22.0. The summed E-state index contributed by atoms with van der Waals surface area (Å²) in [6.07, 6.45) is 13.4. The van der Waals surface area contributed by atoms with Gasteiger partial charge < -0.3 is 14.4 Å². The van der Waals surface area contributed by atoms with Crippen LogP contribution in [0, 0.1) is 11.8 Å². The number of carbonyl (C=O) groups is 1. The summed E-state index contributed by atoms with van der Waals surface area (Å²) in [5, 5.41) is 1.33. The van der Waals surface area contributed by atoms with Gasteiger partial charge in [-0.15, -0.1) is 0 Å². The van der Waals surface area contributed by atoms with Crippen molar-refractivity contribution in [2.75, 3.05) is 19.6 Å². The molecule has 174 valence electrons. The molecule has 0 N–H and O–H groups in total. The van der Waals surface area contributed by atoms with Crippen LogP contribution in [0.2, 0.25) is 0 Å². The number of fused-ring (bicyclic) bond motifs is 1. The normalized spacial score (nSPS) is 26.3. The highest BCUT2D eigenvalue weighted by Gasteiger charge is 2.31. The van der Waals surface area contributed by atoms with Gasteiger partial charge in [0.15, 0.2) is 0 Å². The molecule has 3 heterocycles. The average molecular weight is 436 g/mol. The third kappa shape index (κ3) is 4.48. The number of benzene rings is 1. The maximum absolute atomic E-state index is 12.4. The number of amides is 1. The molecule has 4 heteroatoms. The van der Waals surface area contributed by atoms with Gasteiger partial charge >= 0.3 is 0 Å². The molecule has 2 aromatic rings. The molecule has 1 aromatic carbocycles. The SMILES string of the molecule is CC(C)[C@H]1CC[C@@H](N2CCC(n3cc(CN4CCCCC4=O)c4ccccc43)CC2)CC1. The Morgan fingerprint density at radius 2 is 1.66 bits per heavy atom. The third-order valence-electron chi connectivity index (χ3n) is 8.70. The van der Waals surface area contributed by atoms with Crippen LogP contribution in [-0.4, -0.2) is 46.0 Å². The van der Waals surface area contributed by atoms with E-state index in [9.17, 15) is 4.79 Å². The minimum atomic E-state index is 0.327. The van der Waals surface area contributed by atoms with Crippen molar-refractivity contribution in [1.29, 1.82) is 0 Å². The van der Waals surface area contributed by atoms with Gasteiger partial charge in [-0.05, 0) is 74.8 Å². The number of aromatic nitrogens is 1. The molecule has 4 nitrogen and oxygen atoms in total. The van der Waals surface area contributed by atoms with Crippen LogP contribution in [0.1, 0.15) is 83.2 Å². The number of hydrogen-bond acceptors (Lipinski definition) is 2. The zero-order chi connectivity index (χ0) is 22.1. The molecular weight excluding hydrogens is 394 g/mol. The lowest BCUT2D eigenvalue weighted by Gasteiger charge is -2.42. The number of rotatable bonds is 5. The topological polar surface area (TPSA) is 28.5 Å². The number of likely N-dealkylation sites (tertiary alicyclic amines) is 2. The summed E-state index contributed by atoms with van der Waals surface area (Å²) < 4.78 is 2.55. The molecule has 2 saturated heterocycles. The predicted octanol–water partition coefficient (Wildman–Crippen LogP) is 6.01. The second kappa shape index (κ2) is 9.59. The summed E-state index contributed by atoms with van der Waals surface area (Å²) in [5.74, 6) is 2.12. The largest absolute Gasteiger partial charge is 0.344 e. The third-order valence-corrected chi connectivity index (χ3v) is 8.70. The van der Waals surface area contributed by atoms with Gasteiger partial charge in [0, 0.05) is 61.8 Å². The number of piperidine rings is 2. The Hall–Kier alpha value is -1.81. The van der Waals surface area contributed by atoms with Gasteiger partial charge in [-0.3, -0.25) is 4.79 Å². The van der Waals surface area contributed by atoms with Crippen molar-refractivity contribution < 1.29 is 4.79 Å². The Bertz CT molecular complexity index is 916. The van der Waals surface area contributed by atoms with E-state index in [0.29, 0.717) is 11.9 Å². The summed E-state index contributed by atoms with van der Waals surface area (Å²) in [5.41, 5.74) is 2.67. The lowest BCUT2D eigenvalue weighted by Crippen LogP contribution is -2.43. The zero-order valence-corrected chi connectivity index (χ0v) is 20.1. The molecule has 0 atom stereocenters. The van der Waals surface area contributed by atoms with E-state index in [1.165, 1.54) is 68.1 Å². The van der Waals surface area contributed by atoms with Gasteiger partial charge in [0.05, 0.1) is 0 Å². The van der Waals surface area contributed by atoms with E-state index in [2.05, 4.69) is 58.7 Å². The van der Waals surface area contributed by atoms with Crippen LogP contribution in [-0.2, 0) is 11.3 Å². The molecule has 0 unspecified atom stereocenters. The Balaban J connectivity index is 1.26. The van der Waals surface area contributed by atoms with Gasteiger partial charge in [-0.2, -0.15) is 0 Å². The fourth-order valence-electron chi connectivity index (χ4n) is 6.60. The van der Waals surface area contributed by atoms with E-state index in [1.54, 1.807) is 0 Å². The van der Waals surface area contributed by atoms with Crippen molar-refractivity contribution in [3.05, 3.63) is 36.0 Å². The molecule has 1 saturated carbocycles. The summed E-state index contributed by atoms with van der Waals surface area (Å²) in [4.78, 5) is 17.3. The van der Waals surface area contributed by atoms with E-state index in [0.717, 1.165) is 50.2 Å². The van der Waals surface area contributed by atoms with Crippen molar-refractivity contribution >= 4 is 16.8 Å². The van der Waals surface area contributed by atoms with E-state index in [-0.39, 0.29) is 0 Å². The highest BCUT2D eigenvalue weighted by atomic mass is 16.2. The van der Waals surface area contributed by atoms with Gasteiger partial charge in [0.25, 0.3) is 0 Å². The summed E-state index contributed by atoms with van der Waals surface area (Å²) >= 11 is 0. The Kier molecular flexibility index (Phi) is 6.59. The molecular formula is C28H41N3O. The van der Waals surface area contributed by atoms with Crippen LogP contribution in [0.3, 0.4) is 0 Å². The van der Waals surface area contributed by atoms with Crippen molar-refractivity contribution in [3.63, 3.8) is 0 Å². The molecule has 32 heavy (non-hydrogen) atoms. The molecule has 1 aliphatic carbocycles. The molecule has 1 amide bonds. The van der Waals surface area contributed by atoms with Crippen LogP contribution in [0.15, 0.2) is 30.5 Å². The summed E-state index contributed by atoms with van der Waals surface area (Å²) in [6, 6.07) is 10.2. The smallest absolute Gasteiger partial charge is 0.222 e. The molecule has 3 aliphatic rings. The van der Waals surface area contributed by atoms with Crippen LogP contribution in [0.5, 0.6) is 0 Å². The second-order valence-electron chi connectivity index (χ2n) is 10.9. The summed E-state index contributed by atoms with van der Waals surface area (Å²) in [7, 11) is 0. The first-order chi connectivity index (χ1) is 15.6. The lowest BCUT2D eigenvalue weighted by molar-refractivity contribution is -0.133. The van der Waals surface area contributed by atoms with E-state index >= 15 is 0 Å². The number of nitrogens with zero attached hydrogens (tertiary/aromatic N) is 3. The van der Waals surface area contributed by atoms with Crippen molar-refractivity contribution in [2.24, 2.45) is 11.8 Å². The molecule has 5 rings (SSSR count). The molecule has 3 fully saturated rings. The Morgan fingerprint density at radius 3 is 2.38 bits per heavy atom. The van der Waals surface area contributed by atoms with Gasteiger partial charge in [0.2, 0.25) is 5.91 Å². The quantitative estimate of drug-likeness (QED) is 0.576. The zero-order valence-electron chi connectivity index (χ0n) is 20.1. The first-order valence-corrected chi connectivity index (χ1v) is 13.2. The maximum atomic E-state index is 12.4. The van der Waals surface area contributed by atoms with Crippen molar-refractivity contribution in [3.8, 4) is 0 Å². The van der Waals surface area contributed by atoms with E-state index in [4.69, 9.17) is 0 Å². The lowest BCUT2D eigenvalue weighted by atomic mass is 9.79. The minimum Gasteiger partial charge on any atom is -0.344 e. The van der Waals surface area contributed by atoms with Gasteiger partial charge in [-0.25, -0.2) is 0 Å². The molecule has 0 radical (unpaired) electrons. The Labute approximate surface area is 193 Å². The fraction of sp³-hybridized carbons (Fsp3) is 0.679. The highest BCUT2D eigenvalue weighted by Crippen LogP contribution is 2.36.